The van der Waals surface area contributed by atoms with Gasteiger partial charge in [0.25, 0.3) is 0 Å². The first kappa shape index (κ1) is 52.9. The molecule has 1 unspecified atom stereocenters. The number of allylic oxidation sites excluding steroid dienone is 4. The SMILES string of the molecule is CCCCCCCCC/C=C\CCCCCCCCOCC(CO)OC(=O)CCCCCCCCCCCCCCC/C=C\CCCCCCCCCC. The lowest BCUT2D eigenvalue weighted by Gasteiger charge is -2.15. The van der Waals surface area contributed by atoms with Crippen LogP contribution >= 0.6 is 0 Å². The predicted octanol–water partition coefficient (Wildman–Crippen LogP) is 16.3. The van der Waals surface area contributed by atoms with E-state index in [4.69, 9.17) is 9.47 Å². The number of unbranched alkanes of at least 4 members (excludes halogenated alkanes) is 34. The number of hydrogen-bond donors (Lipinski definition) is 1. The highest BCUT2D eigenvalue weighted by atomic mass is 16.6. The van der Waals surface area contributed by atoms with E-state index in [1.54, 1.807) is 0 Å². The molecule has 0 bridgehead atoms. The number of rotatable bonds is 46. The number of hydrogen-bond acceptors (Lipinski definition) is 4. The van der Waals surface area contributed by atoms with Gasteiger partial charge in [-0.25, -0.2) is 0 Å². The summed E-state index contributed by atoms with van der Waals surface area (Å²) in [6.45, 7) is 5.37. The van der Waals surface area contributed by atoms with Crippen molar-refractivity contribution in [1.29, 1.82) is 0 Å². The van der Waals surface area contributed by atoms with Gasteiger partial charge in [-0.1, -0.05) is 218 Å². The summed E-state index contributed by atoms with van der Waals surface area (Å²) >= 11 is 0. The summed E-state index contributed by atoms with van der Waals surface area (Å²) in [6, 6.07) is 0. The fraction of sp³-hybridized carbons (Fsp3) is 0.900. The van der Waals surface area contributed by atoms with Crippen molar-refractivity contribution < 1.29 is 19.4 Å². The number of carbonyl (C=O) groups is 1. The van der Waals surface area contributed by atoms with E-state index in [9.17, 15) is 9.90 Å². The summed E-state index contributed by atoms with van der Waals surface area (Å²) in [4.78, 5) is 12.2. The summed E-state index contributed by atoms with van der Waals surface area (Å²) in [5.41, 5.74) is 0. The molecule has 0 saturated carbocycles. The fourth-order valence-electron chi connectivity index (χ4n) is 7.32. The van der Waals surface area contributed by atoms with Crippen LogP contribution in [0.25, 0.3) is 0 Å². The van der Waals surface area contributed by atoms with E-state index in [2.05, 4.69) is 38.2 Å². The van der Waals surface area contributed by atoms with Crippen LogP contribution in [0.4, 0.5) is 0 Å². The van der Waals surface area contributed by atoms with Crippen LogP contribution in [0.3, 0.4) is 0 Å². The Morgan fingerprint density at radius 1 is 0.426 bits per heavy atom. The predicted molar refractivity (Wildman–Crippen MR) is 237 cm³/mol. The van der Waals surface area contributed by atoms with Crippen molar-refractivity contribution in [1.82, 2.24) is 0 Å². The van der Waals surface area contributed by atoms with E-state index in [0.717, 1.165) is 19.3 Å². The Morgan fingerprint density at radius 3 is 1.06 bits per heavy atom. The topological polar surface area (TPSA) is 55.8 Å². The first-order valence-corrected chi connectivity index (χ1v) is 24.4. The normalized spacial score (nSPS) is 12.4. The summed E-state index contributed by atoms with van der Waals surface area (Å²) in [5, 5.41) is 9.63. The zero-order valence-electron chi connectivity index (χ0n) is 36.8. The van der Waals surface area contributed by atoms with Crippen molar-refractivity contribution in [2.24, 2.45) is 0 Å². The summed E-state index contributed by atoms with van der Waals surface area (Å²) in [6.07, 6.45) is 59.8. The minimum absolute atomic E-state index is 0.170. The van der Waals surface area contributed by atoms with Crippen LogP contribution in [0.2, 0.25) is 0 Å². The molecule has 4 heteroatoms. The third-order valence-electron chi connectivity index (χ3n) is 11.0. The number of ether oxygens (including phenoxy) is 2. The Morgan fingerprint density at radius 2 is 0.722 bits per heavy atom. The maximum absolute atomic E-state index is 12.2. The van der Waals surface area contributed by atoms with Crippen LogP contribution < -0.4 is 0 Å². The highest BCUT2D eigenvalue weighted by Gasteiger charge is 2.13. The third kappa shape index (κ3) is 45.3. The zero-order valence-corrected chi connectivity index (χ0v) is 36.8. The molecule has 0 rings (SSSR count). The number of aliphatic hydroxyl groups is 1. The van der Waals surface area contributed by atoms with Crippen LogP contribution in [0.15, 0.2) is 24.3 Å². The van der Waals surface area contributed by atoms with Gasteiger partial charge >= 0.3 is 5.97 Å². The average Bonchev–Trinajstić information content (AvgIpc) is 3.18. The fourth-order valence-corrected chi connectivity index (χ4v) is 7.32. The molecule has 1 N–H and O–H groups in total. The highest BCUT2D eigenvalue weighted by Crippen LogP contribution is 2.15. The Balaban J connectivity index is 3.38. The second kappa shape index (κ2) is 48.0. The quantitative estimate of drug-likeness (QED) is 0.0381. The van der Waals surface area contributed by atoms with Gasteiger partial charge in [-0.15, -0.1) is 0 Å². The molecule has 0 saturated heterocycles. The summed E-state index contributed by atoms with van der Waals surface area (Å²) < 4.78 is 11.2. The molecule has 0 aromatic rings. The summed E-state index contributed by atoms with van der Waals surface area (Å²) in [7, 11) is 0. The molecule has 320 valence electrons. The molecule has 54 heavy (non-hydrogen) atoms. The van der Waals surface area contributed by atoms with Gasteiger partial charge in [-0.2, -0.15) is 0 Å². The second-order valence-electron chi connectivity index (χ2n) is 16.5. The van der Waals surface area contributed by atoms with Gasteiger partial charge < -0.3 is 14.6 Å². The lowest BCUT2D eigenvalue weighted by Crippen LogP contribution is -2.27. The van der Waals surface area contributed by atoms with Crippen LogP contribution in [-0.4, -0.2) is 37.0 Å². The largest absolute Gasteiger partial charge is 0.457 e. The van der Waals surface area contributed by atoms with E-state index >= 15 is 0 Å². The van der Waals surface area contributed by atoms with E-state index in [1.807, 2.05) is 0 Å². The van der Waals surface area contributed by atoms with E-state index < -0.39 is 6.10 Å². The van der Waals surface area contributed by atoms with Crippen LogP contribution in [0.5, 0.6) is 0 Å². The second-order valence-corrected chi connectivity index (χ2v) is 16.5. The van der Waals surface area contributed by atoms with Crippen molar-refractivity contribution in [2.75, 3.05) is 19.8 Å². The Bertz CT molecular complexity index is 762. The molecule has 0 aliphatic carbocycles. The third-order valence-corrected chi connectivity index (χ3v) is 11.0. The van der Waals surface area contributed by atoms with E-state index in [-0.39, 0.29) is 12.6 Å². The van der Waals surface area contributed by atoms with Crippen molar-refractivity contribution in [3.05, 3.63) is 24.3 Å². The molecular formula is C50H96O4. The van der Waals surface area contributed by atoms with Gasteiger partial charge in [-0.3, -0.25) is 4.79 Å². The number of carbonyl (C=O) groups excluding carboxylic acids is 1. The molecule has 1 atom stereocenters. The molecule has 0 radical (unpaired) electrons. The molecule has 0 spiro atoms. The van der Waals surface area contributed by atoms with Gasteiger partial charge in [-0.05, 0) is 64.2 Å². The van der Waals surface area contributed by atoms with Crippen LogP contribution in [0, 0.1) is 0 Å². The molecule has 0 aromatic heterocycles. The lowest BCUT2D eigenvalue weighted by molar-refractivity contribution is -0.154. The smallest absolute Gasteiger partial charge is 0.306 e. The molecule has 4 nitrogen and oxygen atoms in total. The van der Waals surface area contributed by atoms with Gasteiger partial charge in [0.1, 0.15) is 6.10 Å². The first-order chi connectivity index (χ1) is 26.7. The van der Waals surface area contributed by atoms with E-state index in [1.165, 1.54) is 225 Å². The van der Waals surface area contributed by atoms with Gasteiger partial charge in [0, 0.05) is 13.0 Å². The Kier molecular flexibility index (Phi) is 47.0. The molecule has 0 aliphatic heterocycles. The van der Waals surface area contributed by atoms with Gasteiger partial charge in [0.2, 0.25) is 0 Å². The van der Waals surface area contributed by atoms with Crippen molar-refractivity contribution in [2.45, 2.75) is 270 Å². The minimum Gasteiger partial charge on any atom is -0.457 e. The molecule has 0 aromatic carbocycles. The number of esters is 1. The van der Waals surface area contributed by atoms with Crippen LogP contribution in [-0.2, 0) is 14.3 Å². The van der Waals surface area contributed by atoms with Crippen LogP contribution in [0.1, 0.15) is 264 Å². The maximum atomic E-state index is 12.2. The van der Waals surface area contributed by atoms with Gasteiger partial charge in [0.05, 0.1) is 13.2 Å². The van der Waals surface area contributed by atoms with Crippen molar-refractivity contribution in [3.8, 4) is 0 Å². The Hall–Kier alpha value is -1.13. The highest BCUT2D eigenvalue weighted by molar-refractivity contribution is 5.69. The molecule has 0 aliphatic rings. The Labute approximate surface area is 338 Å². The summed E-state index contributed by atoms with van der Waals surface area (Å²) in [5.74, 6) is -0.198. The first-order valence-electron chi connectivity index (χ1n) is 24.4. The lowest BCUT2D eigenvalue weighted by atomic mass is 10.0. The monoisotopic (exact) mass is 761 g/mol. The molecule has 0 amide bonds. The zero-order chi connectivity index (χ0) is 39.1. The standard InChI is InChI=1S/C50H96O4/c1-3-5-7-9-11-13-15-17-19-21-22-23-24-25-26-27-28-29-31-33-35-37-39-41-43-45-50(52)54-49(47-51)48-53-46-44-42-40-38-36-34-32-30-20-18-16-14-12-10-8-6-4-2/h20-22,30,49,51H,3-19,23-29,31-48H2,1-2H3/b22-21-,30-20-. The maximum Gasteiger partial charge on any atom is 0.306 e. The van der Waals surface area contributed by atoms with E-state index in [0.29, 0.717) is 19.6 Å². The van der Waals surface area contributed by atoms with Crippen molar-refractivity contribution in [3.63, 3.8) is 0 Å². The average molecular weight is 761 g/mol. The van der Waals surface area contributed by atoms with Crippen molar-refractivity contribution >= 4 is 5.97 Å². The molecule has 0 heterocycles. The van der Waals surface area contributed by atoms with Gasteiger partial charge in [0.15, 0.2) is 0 Å². The molecule has 0 fully saturated rings. The molecular weight excluding hydrogens is 665 g/mol. The number of aliphatic hydroxyl groups excluding tert-OH is 1. The minimum atomic E-state index is -0.535.